The summed E-state index contributed by atoms with van der Waals surface area (Å²) < 4.78 is 7.47. The molecule has 1 aliphatic rings. The quantitative estimate of drug-likeness (QED) is 0.591. The fourth-order valence-corrected chi connectivity index (χ4v) is 3.98. The Morgan fingerprint density at radius 3 is 2.77 bits per heavy atom. The summed E-state index contributed by atoms with van der Waals surface area (Å²) in [5.74, 6) is 0.684. The number of hydrogen-bond acceptors (Lipinski definition) is 4. The molecule has 6 nitrogen and oxygen atoms in total. The first-order valence-electron chi connectivity index (χ1n) is 11.2. The van der Waals surface area contributed by atoms with E-state index in [-0.39, 0.29) is 11.5 Å². The van der Waals surface area contributed by atoms with Gasteiger partial charge in [0, 0.05) is 31.7 Å². The maximum atomic E-state index is 12.9. The average molecular weight is 420 g/mol. The zero-order valence-electron chi connectivity index (χ0n) is 17.8. The first-order valence-corrected chi connectivity index (χ1v) is 11.2. The van der Waals surface area contributed by atoms with Crippen molar-refractivity contribution >= 4 is 16.8 Å². The number of carbonyl (C=O) groups excluding carboxylic acids is 1. The second-order valence-corrected chi connectivity index (χ2v) is 8.03. The summed E-state index contributed by atoms with van der Waals surface area (Å²) in [6, 6.07) is 15.2. The topological polar surface area (TPSA) is 73.2 Å². The van der Waals surface area contributed by atoms with Crippen molar-refractivity contribution in [2.45, 2.75) is 51.7 Å². The first-order chi connectivity index (χ1) is 15.2. The van der Waals surface area contributed by atoms with E-state index in [2.05, 4.69) is 5.32 Å². The molecule has 0 saturated carbocycles. The van der Waals surface area contributed by atoms with Crippen LogP contribution in [0.1, 0.15) is 53.8 Å². The van der Waals surface area contributed by atoms with Crippen LogP contribution in [0.25, 0.3) is 10.9 Å². The van der Waals surface area contributed by atoms with Crippen LogP contribution >= 0.6 is 0 Å². The molecule has 0 saturated heterocycles. The molecule has 1 aromatic heterocycles. The van der Waals surface area contributed by atoms with Gasteiger partial charge in [-0.3, -0.25) is 14.2 Å². The fraction of sp³-hybridized carbons (Fsp3) is 0.400. The van der Waals surface area contributed by atoms with Gasteiger partial charge in [-0.2, -0.15) is 0 Å². The fourth-order valence-electron chi connectivity index (χ4n) is 3.98. The lowest BCUT2D eigenvalue weighted by molar-refractivity contribution is 0.0934. The molecular weight excluding hydrogens is 390 g/mol. The van der Waals surface area contributed by atoms with Gasteiger partial charge in [0.15, 0.2) is 0 Å². The highest BCUT2D eigenvalue weighted by Crippen LogP contribution is 2.16. The number of benzene rings is 2. The average Bonchev–Trinajstić information content (AvgIpc) is 2.77. The molecule has 3 aromatic rings. The van der Waals surface area contributed by atoms with Gasteiger partial charge in [-0.05, 0) is 43.0 Å². The van der Waals surface area contributed by atoms with E-state index in [0.29, 0.717) is 36.2 Å². The highest BCUT2D eigenvalue weighted by molar-refractivity contribution is 5.97. The highest BCUT2D eigenvalue weighted by Gasteiger charge is 2.14. The molecule has 6 heteroatoms. The standard InChI is InChI=1S/C25H29N3O3/c29-24(26-14-8-16-31-18-19-9-4-3-5-10-19)20-12-13-21-22(17-20)27-23-11-6-1-2-7-15-28(23)25(21)30/h3-5,9-10,12-13,17H,1-2,6-8,11,14-16,18H2,(H,26,29). The summed E-state index contributed by atoms with van der Waals surface area (Å²) in [5.41, 5.74) is 2.28. The molecule has 4 rings (SSSR count). The largest absolute Gasteiger partial charge is 0.377 e. The molecule has 1 aliphatic heterocycles. The second kappa shape index (κ2) is 10.4. The number of fused-ring (bicyclic) bond motifs is 2. The van der Waals surface area contributed by atoms with Crippen LogP contribution in [0.5, 0.6) is 0 Å². The van der Waals surface area contributed by atoms with Gasteiger partial charge in [0.25, 0.3) is 11.5 Å². The van der Waals surface area contributed by atoms with Gasteiger partial charge in [0.05, 0.1) is 17.5 Å². The Morgan fingerprint density at radius 1 is 1.06 bits per heavy atom. The van der Waals surface area contributed by atoms with E-state index in [0.717, 1.165) is 50.0 Å². The second-order valence-electron chi connectivity index (χ2n) is 8.03. The van der Waals surface area contributed by atoms with Gasteiger partial charge < -0.3 is 10.1 Å². The van der Waals surface area contributed by atoms with Crippen LogP contribution < -0.4 is 10.9 Å². The molecule has 1 N–H and O–H groups in total. The van der Waals surface area contributed by atoms with Crippen LogP contribution in [0.2, 0.25) is 0 Å². The SMILES string of the molecule is O=C(NCCCOCc1ccccc1)c1ccc2c(=O)n3c(nc2c1)CCCCCC3. The highest BCUT2D eigenvalue weighted by atomic mass is 16.5. The Morgan fingerprint density at radius 2 is 1.90 bits per heavy atom. The Bertz CT molecular complexity index is 1090. The number of hydrogen-bond donors (Lipinski definition) is 1. The van der Waals surface area contributed by atoms with Gasteiger partial charge in [0.1, 0.15) is 5.82 Å². The van der Waals surface area contributed by atoms with E-state index in [1.165, 1.54) is 6.42 Å². The molecule has 0 radical (unpaired) electrons. The molecule has 31 heavy (non-hydrogen) atoms. The van der Waals surface area contributed by atoms with Crippen molar-refractivity contribution in [2.24, 2.45) is 0 Å². The number of rotatable bonds is 7. The predicted molar refractivity (Wildman–Crippen MR) is 121 cm³/mol. The first kappa shape index (κ1) is 21.2. The molecule has 162 valence electrons. The van der Waals surface area contributed by atoms with Crippen LogP contribution in [-0.4, -0.2) is 28.6 Å². The lowest BCUT2D eigenvalue weighted by atomic mass is 10.1. The smallest absolute Gasteiger partial charge is 0.261 e. The summed E-state index contributed by atoms with van der Waals surface area (Å²) in [6.07, 6.45) is 5.93. The van der Waals surface area contributed by atoms with Crippen LogP contribution in [0.4, 0.5) is 0 Å². The Hall–Kier alpha value is -2.99. The number of ether oxygens (including phenoxy) is 1. The number of aryl methyl sites for hydroxylation is 1. The zero-order valence-corrected chi connectivity index (χ0v) is 17.8. The summed E-state index contributed by atoms with van der Waals surface area (Å²) in [6.45, 7) is 2.42. The number of nitrogens with zero attached hydrogens (tertiary/aromatic N) is 2. The summed E-state index contributed by atoms with van der Waals surface area (Å²) >= 11 is 0. The maximum absolute atomic E-state index is 12.9. The Balaban J connectivity index is 1.34. The molecule has 2 heterocycles. The van der Waals surface area contributed by atoms with Gasteiger partial charge in [-0.25, -0.2) is 4.98 Å². The third kappa shape index (κ3) is 5.39. The van der Waals surface area contributed by atoms with E-state index < -0.39 is 0 Å². The number of amides is 1. The van der Waals surface area contributed by atoms with Crippen LogP contribution in [0, 0.1) is 0 Å². The number of nitrogens with one attached hydrogen (secondary N) is 1. The summed E-state index contributed by atoms with van der Waals surface area (Å²) in [5, 5.41) is 3.51. The van der Waals surface area contributed by atoms with Gasteiger partial charge in [0.2, 0.25) is 0 Å². The zero-order chi connectivity index (χ0) is 21.5. The monoisotopic (exact) mass is 419 g/mol. The molecule has 0 unspecified atom stereocenters. The molecule has 0 atom stereocenters. The Kier molecular flexibility index (Phi) is 7.10. The van der Waals surface area contributed by atoms with Crippen LogP contribution in [-0.2, 0) is 24.3 Å². The van der Waals surface area contributed by atoms with E-state index in [1.807, 2.05) is 34.9 Å². The molecular formula is C25H29N3O3. The van der Waals surface area contributed by atoms with Crippen molar-refractivity contribution in [2.75, 3.05) is 13.2 Å². The number of carbonyl (C=O) groups is 1. The third-order valence-electron chi connectivity index (χ3n) is 5.69. The van der Waals surface area contributed by atoms with Crippen LogP contribution in [0.3, 0.4) is 0 Å². The lowest BCUT2D eigenvalue weighted by Gasteiger charge is -2.16. The number of aromatic nitrogens is 2. The Labute approximate surface area is 182 Å². The minimum absolute atomic E-state index is 0.00410. The minimum atomic E-state index is -0.154. The van der Waals surface area contributed by atoms with Crippen molar-refractivity contribution in [3.8, 4) is 0 Å². The molecule has 2 aromatic carbocycles. The van der Waals surface area contributed by atoms with Crippen LogP contribution in [0.15, 0.2) is 53.3 Å². The van der Waals surface area contributed by atoms with E-state index in [1.54, 1.807) is 18.2 Å². The van der Waals surface area contributed by atoms with Gasteiger partial charge >= 0.3 is 0 Å². The normalized spacial score (nSPS) is 13.9. The molecule has 0 aliphatic carbocycles. The van der Waals surface area contributed by atoms with Crippen molar-refractivity contribution < 1.29 is 9.53 Å². The molecule has 0 bridgehead atoms. The molecule has 0 spiro atoms. The molecule has 0 fully saturated rings. The van der Waals surface area contributed by atoms with E-state index in [4.69, 9.17) is 9.72 Å². The third-order valence-corrected chi connectivity index (χ3v) is 5.69. The van der Waals surface area contributed by atoms with Crippen molar-refractivity contribution in [1.82, 2.24) is 14.9 Å². The summed E-state index contributed by atoms with van der Waals surface area (Å²) in [4.78, 5) is 30.2. The van der Waals surface area contributed by atoms with Crippen molar-refractivity contribution in [1.29, 1.82) is 0 Å². The van der Waals surface area contributed by atoms with Crippen molar-refractivity contribution in [3.05, 3.63) is 75.8 Å². The van der Waals surface area contributed by atoms with Gasteiger partial charge in [-0.1, -0.05) is 43.2 Å². The minimum Gasteiger partial charge on any atom is -0.377 e. The van der Waals surface area contributed by atoms with Crippen molar-refractivity contribution in [3.63, 3.8) is 0 Å². The lowest BCUT2D eigenvalue weighted by Crippen LogP contribution is -2.27. The van der Waals surface area contributed by atoms with E-state index in [9.17, 15) is 9.59 Å². The van der Waals surface area contributed by atoms with E-state index >= 15 is 0 Å². The molecule has 1 amide bonds. The van der Waals surface area contributed by atoms with Gasteiger partial charge in [-0.15, -0.1) is 0 Å². The predicted octanol–water partition coefficient (Wildman–Crippen LogP) is 3.85. The maximum Gasteiger partial charge on any atom is 0.261 e. The summed E-state index contributed by atoms with van der Waals surface area (Å²) in [7, 11) is 0.